The van der Waals surface area contributed by atoms with E-state index in [9.17, 15) is 0 Å². The number of unbranched alkanes of at least 4 members (excludes halogenated alkanes) is 2. The van der Waals surface area contributed by atoms with E-state index in [1.807, 2.05) is 0 Å². The van der Waals surface area contributed by atoms with Crippen LogP contribution in [0.1, 0.15) is 26.2 Å². The van der Waals surface area contributed by atoms with Gasteiger partial charge in [0.25, 0.3) is 0 Å². The Balaban J connectivity index is 2.69. The summed E-state index contributed by atoms with van der Waals surface area (Å²) < 4.78 is 0. The summed E-state index contributed by atoms with van der Waals surface area (Å²) in [6.07, 6.45) is 5.17. The average Bonchev–Trinajstić information content (AvgIpc) is 1.69. The van der Waals surface area contributed by atoms with E-state index in [0.717, 1.165) is 6.42 Å². The van der Waals surface area contributed by atoms with Gasteiger partial charge < -0.3 is 5.84 Å². The summed E-state index contributed by atoms with van der Waals surface area (Å²) in [6.45, 7) is 2.14. The van der Waals surface area contributed by atoms with Crippen molar-refractivity contribution in [2.75, 3.05) is 0 Å². The van der Waals surface area contributed by atoms with Crippen LogP contribution in [0.5, 0.6) is 0 Å². The maximum absolute atomic E-state index is 4.84. The Morgan fingerprint density at radius 3 is 2.86 bits per heavy atom. The van der Waals surface area contributed by atoms with Crippen LogP contribution < -0.4 is 5.84 Å². The molecular weight excluding hydrogens is 88.1 g/mol. The van der Waals surface area contributed by atoms with Crippen LogP contribution in [0.25, 0.3) is 0 Å². The number of rotatable bonds is 3. The highest BCUT2D eigenvalue weighted by Crippen LogP contribution is 1.87. The fraction of sp³-hybridized carbons (Fsp3) is 0.800. The van der Waals surface area contributed by atoms with Gasteiger partial charge in [0.15, 0.2) is 0 Å². The van der Waals surface area contributed by atoms with Crippen molar-refractivity contribution in [2.45, 2.75) is 26.2 Å². The van der Waals surface area contributed by atoms with Crippen LogP contribution in [0.4, 0.5) is 0 Å². The van der Waals surface area contributed by atoms with Gasteiger partial charge in [0, 0.05) is 6.21 Å². The molecule has 0 amide bonds. The molecule has 0 unspecified atom stereocenters. The predicted molar refractivity (Wildman–Crippen MR) is 32.2 cm³/mol. The summed E-state index contributed by atoms with van der Waals surface area (Å²) >= 11 is 0. The Kier molecular flexibility index (Phi) is 5.06. The predicted octanol–water partition coefficient (Wildman–Crippen LogP) is 1.12. The molecule has 0 fully saturated rings. The maximum Gasteiger partial charge on any atom is 0.0240 e. The Labute approximate surface area is 44.4 Å². The minimum Gasteiger partial charge on any atom is -0.324 e. The minimum absolute atomic E-state index is 1.02. The Morgan fingerprint density at radius 1 is 1.71 bits per heavy atom. The van der Waals surface area contributed by atoms with Gasteiger partial charge >= 0.3 is 0 Å². The molecule has 7 heavy (non-hydrogen) atoms. The third-order valence-corrected chi connectivity index (χ3v) is 0.792. The first-order chi connectivity index (χ1) is 3.41. The van der Waals surface area contributed by atoms with Crippen molar-refractivity contribution in [3.8, 4) is 0 Å². The lowest BCUT2D eigenvalue weighted by Crippen LogP contribution is -1.81. The van der Waals surface area contributed by atoms with Crippen LogP contribution >= 0.6 is 0 Å². The largest absolute Gasteiger partial charge is 0.324 e. The van der Waals surface area contributed by atoms with E-state index in [1.54, 1.807) is 6.21 Å². The van der Waals surface area contributed by atoms with Gasteiger partial charge in [-0.2, -0.15) is 5.10 Å². The molecule has 0 atom stereocenters. The summed E-state index contributed by atoms with van der Waals surface area (Å²) in [7, 11) is 0. The monoisotopic (exact) mass is 100 g/mol. The third-order valence-electron chi connectivity index (χ3n) is 0.792. The van der Waals surface area contributed by atoms with Gasteiger partial charge in [-0.05, 0) is 12.8 Å². The quantitative estimate of drug-likeness (QED) is 0.245. The molecule has 0 aromatic heterocycles. The van der Waals surface area contributed by atoms with E-state index >= 15 is 0 Å². The SMILES string of the molecule is CCCC/C=N/N. The summed E-state index contributed by atoms with van der Waals surface area (Å²) in [5.74, 6) is 4.84. The number of hydrazone groups is 1. The lowest BCUT2D eigenvalue weighted by molar-refractivity contribution is 0.840. The van der Waals surface area contributed by atoms with Gasteiger partial charge in [-0.25, -0.2) is 0 Å². The van der Waals surface area contributed by atoms with Crippen molar-refractivity contribution in [1.29, 1.82) is 0 Å². The second kappa shape index (κ2) is 5.47. The molecule has 0 rings (SSSR count). The van der Waals surface area contributed by atoms with Crippen LogP contribution in [0, 0.1) is 0 Å². The molecular formula is C5H12N2. The summed E-state index contributed by atoms with van der Waals surface area (Å²) in [5, 5.41) is 3.35. The molecule has 2 nitrogen and oxygen atoms in total. The van der Waals surface area contributed by atoms with Crippen molar-refractivity contribution in [1.82, 2.24) is 0 Å². The van der Waals surface area contributed by atoms with Crippen LogP contribution in [0.3, 0.4) is 0 Å². The highest BCUT2D eigenvalue weighted by Gasteiger charge is 1.74. The standard InChI is InChI=1S/C5H12N2/c1-2-3-4-5-7-6/h5H,2-4,6H2,1H3/b7-5+. The molecule has 2 heteroatoms. The number of nitrogens with zero attached hydrogens (tertiary/aromatic N) is 1. The Morgan fingerprint density at radius 2 is 2.43 bits per heavy atom. The average molecular weight is 100 g/mol. The van der Waals surface area contributed by atoms with E-state index in [0.29, 0.717) is 0 Å². The van der Waals surface area contributed by atoms with E-state index in [1.165, 1.54) is 12.8 Å². The summed E-state index contributed by atoms with van der Waals surface area (Å²) in [6, 6.07) is 0. The minimum atomic E-state index is 1.02. The van der Waals surface area contributed by atoms with E-state index < -0.39 is 0 Å². The molecule has 0 aromatic rings. The normalized spacial score (nSPS) is 10.4. The molecule has 0 spiro atoms. The zero-order valence-electron chi connectivity index (χ0n) is 4.72. The van der Waals surface area contributed by atoms with Gasteiger partial charge in [-0.3, -0.25) is 0 Å². The smallest absolute Gasteiger partial charge is 0.0240 e. The van der Waals surface area contributed by atoms with E-state index in [-0.39, 0.29) is 0 Å². The fourth-order valence-corrected chi connectivity index (χ4v) is 0.370. The maximum atomic E-state index is 4.84. The van der Waals surface area contributed by atoms with Crippen LogP contribution in [0.15, 0.2) is 5.10 Å². The second-order valence-corrected chi connectivity index (χ2v) is 1.47. The lowest BCUT2D eigenvalue weighted by Gasteiger charge is -1.82. The van der Waals surface area contributed by atoms with Crippen molar-refractivity contribution in [3.63, 3.8) is 0 Å². The van der Waals surface area contributed by atoms with Crippen molar-refractivity contribution < 1.29 is 0 Å². The highest BCUT2D eigenvalue weighted by atomic mass is 15.1. The molecule has 0 heterocycles. The number of nitrogens with two attached hydrogens (primary N) is 1. The topological polar surface area (TPSA) is 38.4 Å². The molecule has 0 saturated heterocycles. The van der Waals surface area contributed by atoms with Gasteiger partial charge in [-0.15, -0.1) is 0 Å². The molecule has 0 saturated carbocycles. The zero-order chi connectivity index (χ0) is 5.54. The molecule has 0 radical (unpaired) electrons. The van der Waals surface area contributed by atoms with E-state index in [4.69, 9.17) is 5.84 Å². The van der Waals surface area contributed by atoms with Gasteiger partial charge in [-0.1, -0.05) is 13.3 Å². The zero-order valence-corrected chi connectivity index (χ0v) is 4.72. The molecule has 0 aromatic carbocycles. The molecule has 0 bridgehead atoms. The Bertz CT molecular complexity index is 50.0. The van der Waals surface area contributed by atoms with Crippen LogP contribution in [-0.2, 0) is 0 Å². The first-order valence-corrected chi connectivity index (χ1v) is 2.63. The van der Waals surface area contributed by atoms with Gasteiger partial charge in [0.2, 0.25) is 0 Å². The molecule has 0 aliphatic rings. The molecule has 42 valence electrons. The van der Waals surface area contributed by atoms with Gasteiger partial charge in [0.1, 0.15) is 0 Å². The highest BCUT2D eigenvalue weighted by molar-refractivity contribution is 5.56. The van der Waals surface area contributed by atoms with Crippen LogP contribution in [-0.4, -0.2) is 6.21 Å². The second-order valence-electron chi connectivity index (χ2n) is 1.47. The lowest BCUT2D eigenvalue weighted by atomic mass is 10.3. The molecule has 0 aliphatic carbocycles. The van der Waals surface area contributed by atoms with E-state index in [2.05, 4.69) is 12.0 Å². The number of hydrogen-bond donors (Lipinski definition) is 1. The van der Waals surface area contributed by atoms with Crippen LogP contribution in [0.2, 0.25) is 0 Å². The molecule has 2 N–H and O–H groups in total. The first kappa shape index (κ1) is 6.47. The van der Waals surface area contributed by atoms with Gasteiger partial charge in [0.05, 0.1) is 0 Å². The Hall–Kier alpha value is -0.530. The fourth-order valence-electron chi connectivity index (χ4n) is 0.370. The van der Waals surface area contributed by atoms with Crippen molar-refractivity contribution in [3.05, 3.63) is 0 Å². The van der Waals surface area contributed by atoms with Crippen molar-refractivity contribution >= 4 is 6.21 Å². The first-order valence-electron chi connectivity index (χ1n) is 2.63. The number of hydrogen-bond acceptors (Lipinski definition) is 2. The summed E-state index contributed by atoms with van der Waals surface area (Å²) in [5.41, 5.74) is 0. The van der Waals surface area contributed by atoms with Crippen molar-refractivity contribution in [2.24, 2.45) is 10.9 Å². The summed E-state index contributed by atoms with van der Waals surface area (Å²) in [4.78, 5) is 0. The molecule has 0 aliphatic heterocycles. The third kappa shape index (κ3) is 5.47.